The summed E-state index contributed by atoms with van der Waals surface area (Å²) in [5.41, 5.74) is 1.32. The largest absolute Gasteiger partial charge is 0.494 e. The summed E-state index contributed by atoms with van der Waals surface area (Å²) in [6.07, 6.45) is 4.63. The van der Waals surface area contributed by atoms with E-state index in [1.807, 2.05) is 0 Å². The lowest BCUT2D eigenvalue weighted by Gasteiger charge is -2.35. The first kappa shape index (κ1) is 14.6. The van der Waals surface area contributed by atoms with Crippen LogP contribution < -0.4 is 10.1 Å². The fourth-order valence-electron chi connectivity index (χ4n) is 2.68. The molecule has 0 bridgehead atoms. The summed E-state index contributed by atoms with van der Waals surface area (Å²) >= 11 is 0. The maximum atomic E-state index is 10.8. The van der Waals surface area contributed by atoms with Gasteiger partial charge in [-0.15, -0.1) is 0 Å². The highest BCUT2D eigenvalue weighted by molar-refractivity contribution is 5.61. The van der Waals surface area contributed by atoms with E-state index in [0.29, 0.717) is 17.2 Å². The van der Waals surface area contributed by atoms with Crippen LogP contribution in [0.1, 0.15) is 39.5 Å². The van der Waals surface area contributed by atoms with Gasteiger partial charge in [-0.3, -0.25) is 10.1 Å². The summed E-state index contributed by atoms with van der Waals surface area (Å²) in [4.78, 5) is 10.4. The predicted molar refractivity (Wildman–Crippen MR) is 79.3 cm³/mol. The number of nitrogens with zero attached hydrogens (tertiary/aromatic N) is 1. The smallest absolute Gasteiger partial charge is 0.273 e. The van der Waals surface area contributed by atoms with Crippen LogP contribution >= 0.6 is 0 Å². The van der Waals surface area contributed by atoms with Gasteiger partial charge in [-0.1, -0.05) is 13.8 Å². The maximum absolute atomic E-state index is 10.8. The van der Waals surface area contributed by atoms with Gasteiger partial charge in [-0.05, 0) is 37.2 Å². The topological polar surface area (TPSA) is 64.4 Å². The Morgan fingerprint density at radius 2 is 2.00 bits per heavy atom. The molecule has 110 valence electrons. The molecular weight excluding hydrogens is 256 g/mol. The second-order valence-corrected chi connectivity index (χ2v) is 6.22. The van der Waals surface area contributed by atoms with Gasteiger partial charge in [-0.25, -0.2) is 0 Å². The lowest BCUT2D eigenvalue weighted by Crippen LogP contribution is -2.29. The van der Waals surface area contributed by atoms with Crippen LogP contribution in [0.2, 0.25) is 0 Å². The summed E-state index contributed by atoms with van der Waals surface area (Å²) in [6, 6.07) is 5.13. The van der Waals surface area contributed by atoms with E-state index in [2.05, 4.69) is 19.2 Å². The van der Waals surface area contributed by atoms with E-state index in [9.17, 15) is 10.1 Å². The third-order valence-corrected chi connectivity index (χ3v) is 4.09. The number of nitro groups is 1. The Kier molecular flexibility index (Phi) is 4.16. The van der Waals surface area contributed by atoms with Crippen LogP contribution in [0.5, 0.6) is 5.75 Å². The normalized spacial score (nSPS) is 18.6. The van der Waals surface area contributed by atoms with Gasteiger partial charge in [0.25, 0.3) is 5.69 Å². The molecule has 0 radical (unpaired) electrons. The van der Waals surface area contributed by atoms with Crippen LogP contribution in [0.25, 0.3) is 0 Å². The molecule has 1 aliphatic carbocycles. The van der Waals surface area contributed by atoms with Crippen molar-refractivity contribution in [2.45, 2.75) is 45.6 Å². The van der Waals surface area contributed by atoms with Crippen LogP contribution in [-0.4, -0.2) is 18.1 Å². The number of ether oxygens (including phenoxy) is 1. The number of benzene rings is 1. The van der Waals surface area contributed by atoms with Gasteiger partial charge in [0.15, 0.2) is 0 Å². The fraction of sp³-hybridized carbons (Fsp3) is 0.600. The van der Waals surface area contributed by atoms with E-state index in [4.69, 9.17) is 4.74 Å². The first-order valence-electron chi connectivity index (χ1n) is 7.00. The molecule has 20 heavy (non-hydrogen) atoms. The highest BCUT2D eigenvalue weighted by Crippen LogP contribution is 2.37. The number of hydrogen-bond donors (Lipinski definition) is 1. The number of anilines is 1. The Labute approximate surface area is 119 Å². The summed E-state index contributed by atoms with van der Waals surface area (Å²) in [5.74, 6) is 0.532. The van der Waals surface area contributed by atoms with Crippen LogP contribution in [0.3, 0.4) is 0 Å². The Hall–Kier alpha value is -1.78. The Bertz CT molecular complexity index is 490. The highest BCUT2D eigenvalue weighted by atomic mass is 16.6. The minimum Gasteiger partial charge on any atom is -0.494 e. The van der Waals surface area contributed by atoms with Gasteiger partial charge in [-0.2, -0.15) is 0 Å². The van der Waals surface area contributed by atoms with Crippen molar-refractivity contribution >= 4 is 11.4 Å². The third-order valence-electron chi connectivity index (χ3n) is 4.09. The van der Waals surface area contributed by atoms with E-state index in [1.165, 1.54) is 32.1 Å². The van der Waals surface area contributed by atoms with Crippen molar-refractivity contribution in [1.29, 1.82) is 0 Å². The molecule has 0 unspecified atom stereocenters. The zero-order valence-corrected chi connectivity index (χ0v) is 12.3. The third kappa shape index (κ3) is 3.40. The lowest BCUT2D eigenvalue weighted by atomic mass is 9.75. The predicted octanol–water partition coefficient (Wildman–Crippen LogP) is 3.98. The minimum atomic E-state index is -0.407. The van der Waals surface area contributed by atoms with E-state index >= 15 is 0 Å². The second kappa shape index (κ2) is 5.69. The highest BCUT2D eigenvalue weighted by Gasteiger charge is 2.27. The molecule has 0 heterocycles. The summed E-state index contributed by atoms with van der Waals surface area (Å²) in [6.45, 7) is 4.60. The Morgan fingerprint density at radius 3 is 2.55 bits per heavy atom. The van der Waals surface area contributed by atoms with Gasteiger partial charge in [0.2, 0.25) is 0 Å². The average Bonchev–Trinajstić information content (AvgIpc) is 2.41. The van der Waals surface area contributed by atoms with Crippen LogP contribution in [0.4, 0.5) is 11.4 Å². The van der Waals surface area contributed by atoms with Gasteiger partial charge in [0.05, 0.1) is 23.8 Å². The molecule has 0 aliphatic heterocycles. The molecule has 1 aromatic carbocycles. The van der Waals surface area contributed by atoms with Crippen LogP contribution in [0, 0.1) is 15.5 Å². The zero-order valence-electron chi connectivity index (χ0n) is 12.3. The summed E-state index contributed by atoms with van der Waals surface area (Å²) in [7, 11) is 1.54. The van der Waals surface area contributed by atoms with Crippen molar-refractivity contribution in [1.82, 2.24) is 0 Å². The molecular formula is C15H22N2O3. The van der Waals surface area contributed by atoms with Gasteiger partial charge in [0.1, 0.15) is 5.75 Å². The van der Waals surface area contributed by atoms with E-state index in [0.717, 1.165) is 18.5 Å². The molecule has 0 saturated heterocycles. The molecule has 0 aromatic heterocycles. The molecule has 5 heteroatoms. The van der Waals surface area contributed by atoms with Gasteiger partial charge >= 0.3 is 0 Å². The first-order valence-corrected chi connectivity index (χ1v) is 7.00. The van der Waals surface area contributed by atoms with E-state index in [1.54, 1.807) is 6.07 Å². The van der Waals surface area contributed by atoms with Crippen molar-refractivity contribution in [3.05, 3.63) is 28.3 Å². The molecule has 0 amide bonds. The molecule has 0 atom stereocenters. The van der Waals surface area contributed by atoms with Crippen molar-refractivity contribution in [2.75, 3.05) is 12.4 Å². The monoisotopic (exact) mass is 278 g/mol. The number of rotatable bonds is 4. The quantitative estimate of drug-likeness (QED) is 0.668. The zero-order chi connectivity index (χ0) is 14.8. The molecule has 0 spiro atoms. The summed E-state index contributed by atoms with van der Waals surface area (Å²) < 4.78 is 5.25. The average molecular weight is 278 g/mol. The van der Waals surface area contributed by atoms with E-state index in [-0.39, 0.29) is 5.69 Å². The molecule has 1 fully saturated rings. The number of nitro benzene ring substituents is 1. The van der Waals surface area contributed by atoms with Crippen molar-refractivity contribution < 1.29 is 9.66 Å². The fourth-order valence-corrected chi connectivity index (χ4v) is 2.68. The second-order valence-electron chi connectivity index (χ2n) is 6.22. The lowest BCUT2D eigenvalue weighted by molar-refractivity contribution is -0.384. The molecule has 2 rings (SSSR count). The van der Waals surface area contributed by atoms with Gasteiger partial charge in [0, 0.05) is 12.1 Å². The maximum Gasteiger partial charge on any atom is 0.273 e. The molecule has 1 N–H and O–H groups in total. The number of nitrogens with one attached hydrogen (secondary N) is 1. The van der Waals surface area contributed by atoms with Crippen molar-refractivity contribution in [3.8, 4) is 5.75 Å². The van der Waals surface area contributed by atoms with Crippen LogP contribution in [0.15, 0.2) is 18.2 Å². The van der Waals surface area contributed by atoms with Crippen molar-refractivity contribution in [2.24, 2.45) is 5.41 Å². The molecule has 1 saturated carbocycles. The molecule has 1 aliphatic rings. The Morgan fingerprint density at radius 1 is 1.35 bits per heavy atom. The number of methoxy groups -OCH3 is 1. The first-order chi connectivity index (χ1) is 9.41. The van der Waals surface area contributed by atoms with Crippen LogP contribution in [-0.2, 0) is 0 Å². The van der Waals surface area contributed by atoms with E-state index < -0.39 is 4.92 Å². The number of hydrogen-bond acceptors (Lipinski definition) is 4. The molecule has 1 aromatic rings. The van der Waals surface area contributed by atoms with Crippen molar-refractivity contribution in [3.63, 3.8) is 0 Å². The Balaban J connectivity index is 2.08. The van der Waals surface area contributed by atoms with Gasteiger partial charge < -0.3 is 10.1 Å². The number of non-ortho nitro benzene ring substituents is 1. The molecule has 5 nitrogen and oxygen atoms in total. The summed E-state index contributed by atoms with van der Waals surface area (Å²) in [5, 5.41) is 14.2. The standard InChI is InChI=1S/C15H22N2O3/c1-15(2)8-6-11(7-9-15)16-13-5-4-12(17(18)19)10-14(13)20-3/h4-5,10-11,16H,6-9H2,1-3H3. The SMILES string of the molecule is COc1cc([N+](=O)[O-])ccc1NC1CCC(C)(C)CC1. The minimum absolute atomic E-state index is 0.0529.